The zero-order valence-electron chi connectivity index (χ0n) is 9.05. The van der Waals surface area contributed by atoms with E-state index in [1.165, 1.54) is 21.6 Å². The molecule has 1 unspecified atom stereocenters. The molecular formula is C12H13NOS2. The molecule has 1 aromatic rings. The number of rotatable bonds is 5. The fourth-order valence-electron chi connectivity index (χ4n) is 1.01. The number of carbonyl (C=O) groups is 1. The topological polar surface area (TPSA) is 40.9 Å². The van der Waals surface area contributed by atoms with Crippen LogP contribution in [0, 0.1) is 17.2 Å². The summed E-state index contributed by atoms with van der Waals surface area (Å²) in [5.41, 5.74) is 0. The van der Waals surface area contributed by atoms with E-state index in [-0.39, 0.29) is 11.0 Å². The first-order chi connectivity index (χ1) is 7.72. The van der Waals surface area contributed by atoms with Gasteiger partial charge in [0.15, 0.2) is 5.12 Å². The summed E-state index contributed by atoms with van der Waals surface area (Å²) in [5.74, 6) is -0.0359. The molecule has 0 saturated carbocycles. The molecule has 1 atom stereocenters. The molecular weight excluding hydrogens is 238 g/mol. The second-order valence-electron chi connectivity index (χ2n) is 3.42. The van der Waals surface area contributed by atoms with Crippen molar-refractivity contribution in [2.45, 2.75) is 24.7 Å². The minimum atomic E-state index is -0.0359. The van der Waals surface area contributed by atoms with Crippen LogP contribution in [0.3, 0.4) is 0 Å². The third kappa shape index (κ3) is 5.24. The van der Waals surface area contributed by atoms with E-state index >= 15 is 0 Å². The summed E-state index contributed by atoms with van der Waals surface area (Å²) in [6.45, 7) is 1.84. The fraction of sp³-hybridized carbons (Fsp3) is 0.333. The molecule has 0 radical (unpaired) electrons. The van der Waals surface area contributed by atoms with Crippen molar-refractivity contribution in [2.24, 2.45) is 5.92 Å². The Balaban J connectivity index is 2.24. The molecule has 0 aromatic heterocycles. The predicted molar refractivity (Wildman–Crippen MR) is 68.9 cm³/mol. The van der Waals surface area contributed by atoms with E-state index < -0.39 is 0 Å². The van der Waals surface area contributed by atoms with Crippen molar-refractivity contribution >= 4 is 26.7 Å². The second-order valence-corrected chi connectivity index (χ2v) is 5.68. The van der Waals surface area contributed by atoms with Crippen molar-refractivity contribution in [1.29, 1.82) is 5.26 Å². The van der Waals surface area contributed by atoms with E-state index in [4.69, 9.17) is 5.26 Å². The van der Waals surface area contributed by atoms with Crippen LogP contribution in [0.5, 0.6) is 0 Å². The molecule has 1 rings (SSSR count). The summed E-state index contributed by atoms with van der Waals surface area (Å²) in [6, 6.07) is 11.9. The molecule has 2 nitrogen and oxygen atoms in total. The van der Waals surface area contributed by atoms with Gasteiger partial charge in [0.1, 0.15) is 0 Å². The molecule has 0 amide bonds. The normalized spacial score (nSPS) is 11.8. The molecule has 84 valence electrons. The van der Waals surface area contributed by atoms with Crippen LogP contribution in [0.1, 0.15) is 19.8 Å². The maximum Gasteiger partial charge on any atom is 0.199 e. The molecule has 1 aromatic carbocycles. The first kappa shape index (κ1) is 13.1. The molecule has 0 heterocycles. The van der Waals surface area contributed by atoms with Crippen LogP contribution >= 0.6 is 21.6 Å². The summed E-state index contributed by atoms with van der Waals surface area (Å²) >= 11 is 0. The van der Waals surface area contributed by atoms with Crippen molar-refractivity contribution in [3.05, 3.63) is 30.3 Å². The van der Waals surface area contributed by atoms with Crippen LogP contribution in [0.25, 0.3) is 0 Å². The van der Waals surface area contributed by atoms with Crippen molar-refractivity contribution < 1.29 is 4.79 Å². The predicted octanol–water partition coefficient (Wildman–Crippen LogP) is 3.89. The van der Waals surface area contributed by atoms with Gasteiger partial charge in [-0.2, -0.15) is 5.26 Å². The maximum atomic E-state index is 11.5. The molecule has 0 fully saturated rings. The minimum absolute atomic E-state index is 0.0359. The number of hydrogen-bond donors (Lipinski definition) is 0. The summed E-state index contributed by atoms with van der Waals surface area (Å²) < 4.78 is 0. The Bertz CT molecular complexity index is 372. The van der Waals surface area contributed by atoms with E-state index in [1.807, 2.05) is 37.3 Å². The Morgan fingerprint density at radius 2 is 2.12 bits per heavy atom. The molecule has 0 saturated heterocycles. The van der Waals surface area contributed by atoms with Crippen LogP contribution in [-0.4, -0.2) is 5.12 Å². The van der Waals surface area contributed by atoms with Crippen LogP contribution < -0.4 is 0 Å². The van der Waals surface area contributed by atoms with Crippen molar-refractivity contribution in [3.63, 3.8) is 0 Å². The van der Waals surface area contributed by atoms with Gasteiger partial charge < -0.3 is 0 Å². The van der Waals surface area contributed by atoms with Gasteiger partial charge in [0, 0.05) is 17.2 Å². The van der Waals surface area contributed by atoms with Gasteiger partial charge in [0.05, 0.1) is 6.07 Å². The van der Waals surface area contributed by atoms with Gasteiger partial charge in [-0.3, -0.25) is 4.79 Å². The minimum Gasteiger partial charge on any atom is -0.286 e. The zero-order chi connectivity index (χ0) is 11.8. The van der Waals surface area contributed by atoms with E-state index in [9.17, 15) is 4.79 Å². The Morgan fingerprint density at radius 1 is 1.44 bits per heavy atom. The van der Waals surface area contributed by atoms with Crippen molar-refractivity contribution in [2.75, 3.05) is 0 Å². The lowest BCUT2D eigenvalue weighted by Crippen LogP contribution is -1.95. The number of nitriles is 1. The summed E-state index contributed by atoms with van der Waals surface area (Å²) in [5, 5.41) is 8.72. The summed E-state index contributed by atoms with van der Waals surface area (Å²) in [7, 11) is 2.72. The Kier molecular flexibility index (Phi) is 6.05. The smallest absolute Gasteiger partial charge is 0.199 e. The van der Waals surface area contributed by atoms with E-state index in [0.717, 1.165) is 4.90 Å². The fourth-order valence-corrected chi connectivity index (χ4v) is 2.82. The van der Waals surface area contributed by atoms with Gasteiger partial charge in [0.25, 0.3) is 0 Å². The lowest BCUT2D eigenvalue weighted by atomic mass is 10.1. The number of benzene rings is 1. The van der Waals surface area contributed by atoms with Gasteiger partial charge in [-0.25, -0.2) is 0 Å². The van der Waals surface area contributed by atoms with Gasteiger partial charge in [0.2, 0.25) is 0 Å². The average molecular weight is 251 g/mol. The maximum absolute atomic E-state index is 11.5. The molecule has 0 N–H and O–H groups in total. The Labute approximate surface area is 104 Å². The Morgan fingerprint density at radius 3 is 2.75 bits per heavy atom. The number of nitrogens with zero attached hydrogens (tertiary/aromatic N) is 1. The van der Waals surface area contributed by atoms with Crippen LogP contribution in [0.4, 0.5) is 0 Å². The molecule has 0 aliphatic carbocycles. The second kappa shape index (κ2) is 7.37. The molecule has 0 bridgehead atoms. The quantitative estimate of drug-likeness (QED) is 0.744. The van der Waals surface area contributed by atoms with Gasteiger partial charge >= 0.3 is 0 Å². The van der Waals surface area contributed by atoms with E-state index in [2.05, 4.69) is 6.07 Å². The average Bonchev–Trinajstić information content (AvgIpc) is 2.34. The zero-order valence-corrected chi connectivity index (χ0v) is 10.7. The molecule has 16 heavy (non-hydrogen) atoms. The highest BCUT2D eigenvalue weighted by Gasteiger charge is 2.07. The highest BCUT2D eigenvalue weighted by molar-refractivity contribution is 8.82. The summed E-state index contributed by atoms with van der Waals surface area (Å²) in [6.07, 6.45) is 1.12. The first-order valence-electron chi connectivity index (χ1n) is 5.04. The van der Waals surface area contributed by atoms with Crippen molar-refractivity contribution in [3.8, 4) is 6.07 Å². The third-order valence-corrected chi connectivity index (χ3v) is 4.30. The monoisotopic (exact) mass is 251 g/mol. The van der Waals surface area contributed by atoms with Crippen molar-refractivity contribution in [1.82, 2.24) is 0 Å². The van der Waals surface area contributed by atoms with Gasteiger partial charge in [-0.1, -0.05) is 18.2 Å². The molecule has 0 aliphatic rings. The lowest BCUT2D eigenvalue weighted by molar-refractivity contribution is -0.111. The SMILES string of the molecule is CC(C#N)CCC(=O)SSc1ccccc1. The van der Waals surface area contributed by atoms with E-state index in [0.29, 0.717) is 12.8 Å². The number of hydrogen-bond acceptors (Lipinski definition) is 4. The Hall–Kier alpha value is -0.920. The molecule has 0 aliphatic heterocycles. The molecule has 4 heteroatoms. The lowest BCUT2D eigenvalue weighted by Gasteiger charge is -2.01. The van der Waals surface area contributed by atoms with Crippen LogP contribution in [-0.2, 0) is 4.79 Å². The largest absolute Gasteiger partial charge is 0.286 e. The highest BCUT2D eigenvalue weighted by Crippen LogP contribution is 2.32. The van der Waals surface area contributed by atoms with Gasteiger partial charge in [-0.05, 0) is 47.1 Å². The standard InChI is InChI=1S/C12H13NOS2/c1-10(9-13)7-8-12(14)16-15-11-5-3-2-4-6-11/h2-6,10H,7-8H2,1H3. The van der Waals surface area contributed by atoms with E-state index in [1.54, 1.807) is 0 Å². The number of carbonyl (C=O) groups excluding carboxylic acids is 1. The van der Waals surface area contributed by atoms with Crippen LogP contribution in [0.15, 0.2) is 35.2 Å². The highest BCUT2D eigenvalue weighted by atomic mass is 33.1. The first-order valence-corrected chi connectivity index (χ1v) is 7.19. The third-order valence-electron chi connectivity index (χ3n) is 1.98. The summed E-state index contributed by atoms with van der Waals surface area (Å²) in [4.78, 5) is 12.5. The van der Waals surface area contributed by atoms with Gasteiger partial charge in [-0.15, -0.1) is 0 Å². The van der Waals surface area contributed by atoms with Crippen LogP contribution in [0.2, 0.25) is 0 Å². The molecule has 0 spiro atoms.